The molecule has 0 fully saturated rings. The largest absolute Gasteiger partial charge is 0.450 e. The molecule has 0 aliphatic heterocycles. The summed E-state index contributed by atoms with van der Waals surface area (Å²) >= 11 is 0. The van der Waals surface area contributed by atoms with E-state index in [9.17, 15) is 4.79 Å². The van der Waals surface area contributed by atoms with E-state index < -0.39 is 5.63 Å². The Balaban J connectivity index is 2.02. The Morgan fingerprint density at radius 2 is 2.00 bits per heavy atom. The van der Waals surface area contributed by atoms with E-state index in [1.165, 1.54) is 0 Å². The Labute approximate surface area is 118 Å². The summed E-state index contributed by atoms with van der Waals surface area (Å²) in [6, 6.07) is 7.10. The van der Waals surface area contributed by atoms with Gasteiger partial charge in [0.1, 0.15) is 0 Å². The first kappa shape index (κ1) is 14.6. The van der Waals surface area contributed by atoms with Gasteiger partial charge < -0.3 is 9.15 Å². The number of aromatic nitrogens is 1. The lowest BCUT2D eigenvalue weighted by atomic mass is 9.91. The van der Waals surface area contributed by atoms with Gasteiger partial charge in [0.05, 0.1) is 17.5 Å². The molecule has 4 nitrogen and oxygen atoms in total. The number of benzene rings is 1. The maximum Gasteiger partial charge on any atom is 0.397 e. The van der Waals surface area contributed by atoms with E-state index in [0.717, 1.165) is 12.8 Å². The van der Waals surface area contributed by atoms with Crippen LogP contribution in [0.3, 0.4) is 0 Å². The molecule has 4 heteroatoms. The zero-order valence-electron chi connectivity index (χ0n) is 12.3. The maximum absolute atomic E-state index is 11.8. The van der Waals surface area contributed by atoms with Crippen molar-refractivity contribution in [1.29, 1.82) is 0 Å². The standard InChI is InChI=1S/C16H21NO3/c1-4-11(2)12(3)9-10-19-16-17-14-8-6-5-7-13(14)15(18)20-16/h5-8,11-12H,4,9-10H2,1-3H3. The minimum Gasteiger partial charge on any atom is -0.450 e. The van der Waals surface area contributed by atoms with Gasteiger partial charge in [0.2, 0.25) is 0 Å². The number of para-hydroxylation sites is 1. The van der Waals surface area contributed by atoms with E-state index in [2.05, 4.69) is 25.8 Å². The minimum absolute atomic E-state index is 0.0602. The van der Waals surface area contributed by atoms with Crippen molar-refractivity contribution in [3.05, 3.63) is 34.7 Å². The van der Waals surface area contributed by atoms with Gasteiger partial charge in [0.15, 0.2) is 0 Å². The molecule has 0 N–H and O–H groups in total. The molecule has 0 radical (unpaired) electrons. The van der Waals surface area contributed by atoms with Crippen LogP contribution in [0.4, 0.5) is 0 Å². The molecule has 2 rings (SSSR count). The highest BCUT2D eigenvalue weighted by atomic mass is 16.6. The van der Waals surface area contributed by atoms with Crippen LogP contribution in [0.25, 0.3) is 10.9 Å². The van der Waals surface area contributed by atoms with E-state index >= 15 is 0 Å². The van der Waals surface area contributed by atoms with Gasteiger partial charge in [0, 0.05) is 0 Å². The summed E-state index contributed by atoms with van der Waals surface area (Å²) in [6.45, 7) is 7.15. The molecule has 0 aliphatic carbocycles. The smallest absolute Gasteiger partial charge is 0.397 e. The highest BCUT2D eigenvalue weighted by molar-refractivity contribution is 5.76. The van der Waals surface area contributed by atoms with Crippen LogP contribution in [-0.2, 0) is 0 Å². The summed E-state index contributed by atoms with van der Waals surface area (Å²) in [6.07, 6.45) is 2.14. The van der Waals surface area contributed by atoms with Crippen LogP contribution in [0, 0.1) is 11.8 Å². The van der Waals surface area contributed by atoms with Gasteiger partial charge in [-0.2, -0.15) is 4.98 Å². The Morgan fingerprint density at radius 3 is 2.75 bits per heavy atom. The van der Waals surface area contributed by atoms with Gasteiger partial charge in [-0.25, -0.2) is 4.79 Å². The SMILES string of the molecule is CCC(C)C(C)CCOc1nc2ccccc2c(=O)o1. The fourth-order valence-corrected chi connectivity index (χ4v) is 2.08. The molecule has 1 heterocycles. The highest BCUT2D eigenvalue weighted by Crippen LogP contribution is 2.18. The number of nitrogens with zero attached hydrogens (tertiary/aromatic N) is 1. The number of hydrogen-bond donors (Lipinski definition) is 0. The van der Waals surface area contributed by atoms with Crippen molar-refractivity contribution in [2.24, 2.45) is 11.8 Å². The maximum atomic E-state index is 11.8. The van der Waals surface area contributed by atoms with Crippen molar-refractivity contribution in [3.8, 4) is 6.08 Å². The lowest BCUT2D eigenvalue weighted by molar-refractivity contribution is 0.189. The van der Waals surface area contributed by atoms with Crippen LogP contribution in [0.2, 0.25) is 0 Å². The number of fused-ring (bicyclic) bond motifs is 1. The van der Waals surface area contributed by atoms with Crippen molar-refractivity contribution in [1.82, 2.24) is 4.98 Å². The van der Waals surface area contributed by atoms with Crippen LogP contribution in [0.15, 0.2) is 33.5 Å². The molecule has 1 aromatic heterocycles. The molecular weight excluding hydrogens is 254 g/mol. The summed E-state index contributed by atoms with van der Waals surface area (Å²) in [5.74, 6) is 1.24. The molecule has 0 aliphatic rings. The van der Waals surface area contributed by atoms with Crippen molar-refractivity contribution < 1.29 is 9.15 Å². The van der Waals surface area contributed by atoms with Crippen LogP contribution in [-0.4, -0.2) is 11.6 Å². The van der Waals surface area contributed by atoms with Crippen LogP contribution >= 0.6 is 0 Å². The third-order valence-electron chi connectivity index (χ3n) is 3.93. The fraction of sp³-hybridized carbons (Fsp3) is 0.500. The molecule has 0 bridgehead atoms. The lowest BCUT2D eigenvalue weighted by Gasteiger charge is -2.17. The molecule has 2 atom stereocenters. The number of rotatable bonds is 6. The molecule has 108 valence electrons. The minimum atomic E-state index is -0.402. The molecule has 20 heavy (non-hydrogen) atoms. The first-order valence-electron chi connectivity index (χ1n) is 7.14. The van der Waals surface area contributed by atoms with Crippen molar-refractivity contribution in [2.75, 3.05) is 6.61 Å². The third kappa shape index (κ3) is 3.38. The number of ether oxygens (including phenoxy) is 1. The molecule has 0 spiro atoms. The summed E-state index contributed by atoms with van der Waals surface area (Å²) in [4.78, 5) is 16.0. The molecular formula is C16H21NO3. The normalized spacial score (nSPS) is 14.2. The van der Waals surface area contributed by atoms with E-state index in [4.69, 9.17) is 9.15 Å². The topological polar surface area (TPSA) is 52.3 Å². The first-order chi connectivity index (χ1) is 9.61. The molecule has 1 aromatic carbocycles. The number of hydrogen-bond acceptors (Lipinski definition) is 4. The van der Waals surface area contributed by atoms with E-state index in [1.54, 1.807) is 18.2 Å². The zero-order valence-corrected chi connectivity index (χ0v) is 12.3. The molecule has 0 saturated heterocycles. The van der Waals surface area contributed by atoms with Crippen molar-refractivity contribution in [3.63, 3.8) is 0 Å². The Hall–Kier alpha value is -1.84. The van der Waals surface area contributed by atoms with Gasteiger partial charge in [0.25, 0.3) is 0 Å². The van der Waals surface area contributed by atoms with Crippen molar-refractivity contribution >= 4 is 10.9 Å². The van der Waals surface area contributed by atoms with E-state index in [1.807, 2.05) is 6.07 Å². The van der Waals surface area contributed by atoms with Gasteiger partial charge in [-0.05, 0) is 30.4 Å². The zero-order chi connectivity index (χ0) is 14.5. The second-order valence-corrected chi connectivity index (χ2v) is 5.28. The quantitative estimate of drug-likeness (QED) is 0.807. The van der Waals surface area contributed by atoms with Crippen LogP contribution in [0.1, 0.15) is 33.6 Å². The van der Waals surface area contributed by atoms with Gasteiger partial charge in [-0.15, -0.1) is 0 Å². The summed E-state index contributed by atoms with van der Waals surface area (Å²) < 4.78 is 10.6. The summed E-state index contributed by atoms with van der Waals surface area (Å²) in [5, 5.41) is 0.479. The first-order valence-corrected chi connectivity index (χ1v) is 7.14. The van der Waals surface area contributed by atoms with Crippen LogP contribution in [0.5, 0.6) is 6.08 Å². The van der Waals surface area contributed by atoms with Crippen LogP contribution < -0.4 is 10.4 Å². The van der Waals surface area contributed by atoms with Gasteiger partial charge in [-0.1, -0.05) is 39.3 Å². The molecule has 2 aromatic rings. The van der Waals surface area contributed by atoms with E-state index in [-0.39, 0.29) is 6.08 Å². The lowest BCUT2D eigenvalue weighted by Crippen LogP contribution is -2.12. The van der Waals surface area contributed by atoms with Gasteiger partial charge in [-0.3, -0.25) is 0 Å². The second-order valence-electron chi connectivity index (χ2n) is 5.28. The average Bonchev–Trinajstić information content (AvgIpc) is 2.46. The summed E-state index contributed by atoms with van der Waals surface area (Å²) in [7, 11) is 0. The third-order valence-corrected chi connectivity index (χ3v) is 3.93. The predicted molar refractivity (Wildman–Crippen MR) is 79.0 cm³/mol. The highest BCUT2D eigenvalue weighted by Gasteiger charge is 2.11. The van der Waals surface area contributed by atoms with Crippen molar-refractivity contribution in [2.45, 2.75) is 33.6 Å². The molecule has 2 unspecified atom stereocenters. The Bertz CT molecular complexity index is 620. The molecule has 0 amide bonds. The summed E-state index contributed by atoms with van der Waals surface area (Å²) in [5.41, 5.74) is 0.203. The monoisotopic (exact) mass is 275 g/mol. The Morgan fingerprint density at radius 1 is 1.25 bits per heavy atom. The fourth-order valence-electron chi connectivity index (χ4n) is 2.08. The predicted octanol–water partition coefficient (Wildman–Crippen LogP) is 3.64. The Kier molecular flexibility index (Phi) is 4.77. The average molecular weight is 275 g/mol. The molecule has 0 saturated carbocycles. The second kappa shape index (κ2) is 6.55. The van der Waals surface area contributed by atoms with E-state index in [0.29, 0.717) is 29.3 Å². The van der Waals surface area contributed by atoms with Gasteiger partial charge >= 0.3 is 11.7 Å².